The lowest BCUT2D eigenvalue weighted by atomic mass is 10.2. The van der Waals surface area contributed by atoms with Gasteiger partial charge in [-0.15, -0.1) is 0 Å². The predicted molar refractivity (Wildman–Crippen MR) is 70.6 cm³/mol. The molecular weight excluding hydrogens is 331 g/mol. The van der Waals surface area contributed by atoms with E-state index in [2.05, 4.69) is 39.7 Å². The van der Waals surface area contributed by atoms with E-state index in [4.69, 9.17) is 4.52 Å². The third-order valence-electron chi connectivity index (χ3n) is 3.08. The molecule has 1 aromatic carbocycles. The van der Waals surface area contributed by atoms with Gasteiger partial charge >= 0.3 is 0 Å². The molecule has 1 aliphatic rings. The Balaban J connectivity index is 1.92. The summed E-state index contributed by atoms with van der Waals surface area (Å²) >= 11 is 2.07. The van der Waals surface area contributed by atoms with Gasteiger partial charge in [0.25, 0.3) is 5.89 Å². The molecule has 2 unspecified atom stereocenters. The molecule has 2 atom stereocenters. The average Bonchev–Trinajstić information content (AvgIpc) is 2.86. The molecule has 1 fully saturated rings. The van der Waals surface area contributed by atoms with Crippen molar-refractivity contribution in [3.05, 3.63) is 27.6 Å². The Morgan fingerprint density at radius 3 is 2.88 bits per heavy atom. The van der Waals surface area contributed by atoms with Gasteiger partial charge in [0.15, 0.2) is 5.82 Å². The fraction of sp³-hybridized carbons (Fsp3) is 0.333. The summed E-state index contributed by atoms with van der Waals surface area (Å²) in [7, 11) is 0. The number of aromatic nitrogens is 2. The topological polar surface area (TPSA) is 59.2 Å². The van der Waals surface area contributed by atoms with Crippen molar-refractivity contribution in [3.63, 3.8) is 0 Å². The van der Waals surface area contributed by atoms with E-state index < -0.39 is 0 Å². The number of phenolic OH excluding ortho intramolecular Hbond substituents is 1. The van der Waals surface area contributed by atoms with Crippen molar-refractivity contribution in [1.29, 1.82) is 0 Å². The maximum Gasteiger partial charge on any atom is 0.258 e. The Morgan fingerprint density at radius 1 is 1.47 bits per heavy atom. The highest BCUT2D eigenvalue weighted by Crippen LogP contribution is 2.45. The van der Waals surface area contributed by atoms with E-state index in [1.165, 1.54) is 0 Å². The van der Waals surface area contributed by atoms with Gasteiger partial charge in [-0.05, 0) is 53.1 Å². The third-order valence-corrected chi connectivity index (χ3v) is 3.99. The molecule has 1 heterocycles. The highest BCUT2D eigenvalue weighted by Gasteiger charge is 2.38. The number of benzene rings is 1. The quantitative estimate of drug-likeness (QED) is 0.852. The van der Waals surface area contributed by atoms with Crippen LogP contribution in [0.1, 0.15) is 25.1 Å². The van der Waals surface area contributed by atoms with Gasteiger partial charge in [-0.3, -0.25) is 0 Å². The van der Waals surface area contributed by atoms with Crippen molar-refractivity contribution in [2.45, 2.75) is 19.3 Å². The SMILES string of the molecule is CC1CC1c1noc(-c2ccc(I)c(O)c2)n1. The molecule has 0 aliphatic heterocycles. The molecule has 0 spiro atoms. The third kappa shape index (κ3) is 2.03. The molecule has 5 heteroatoms. The second-order valence-electron chi connectivity index (χ2n) is 4.44. The molecule has 0 saturated heterocycles. The summed E-state index contributed by atoms with van der Waals surface area (Å²) in [6.07, 6.45) is 1.14. The van der Waals surface area contributed by atoms with Gasteiger partial charge in [0, 0.05) is 11.5 Å². The van der Waals surface area contributed by atoms with Crippen LogP contribution >= 0.6 is 22.6 Å². The lowest BCUT2D eigenvalue weighted by molar-refractivity contribution is 0.421. The summed E-state index contributed by atoms with van der Waals surface area (Å²) in [4.78, 5) is 4.37. The van der Waals surface area contributed by atoms with Gasteiger partial charge in [-0.1, -0.05) is 12.1 Å². The maximum atomic E-state index is 9.63. The molecule has 0 radical (unpaired) electrons. The molecule has 0 bridgehead atoms. The predicted octanol–water partition coefficient (Wildman–Crippen LogP) is 3.17. The zero-order valence-corrected chi connectivity index (χ0v) is 11.4. The maximum absolute atomic E-state index is 9.63. The van der Waals surface area contributed by atoms with Crippen LogP contribution in [-0.4, -0.2) is 15.2 Å². The monoisotopic (exact) mass is 342 g/mol. The Hall–Kier alpha value is -1.11. The van der Waals surface area contributed by atoms with Crippen molar-refractivity contribution in [2.24, 2.45) is 5.92 Å². The van der Waals surface area contributed by atoms with Gasteiger partial charge in [-0.2, -0.15) is 4.98 Å². The second kappa shape index (κ2) is 3.97. The van der Waals surface area contributed by atoms with Crippen LogP contribution in [0, 0.1) is 9.49 Å². The van der Waals surface area contributed by atoms with Crippen LogP contribution < -0.4 is 0 Å². The molecule has 4 nitrogen and oxygen atoms in total. The molecule has 2 aromatic rings. The number of phenols is 1. The molecule has 1 aliphatic carbocycles. The summed E-state index contributed by atoms with van der Waals surface area (Å²) in [6.45, 7) is 2.18. The van der Waals surface area contributed by atoms with Gasteiger partial charge in [-0.25, -0.2) is 0 Å². The van der Waals surface area contributed by atoms with Crippen LogP contribution in [-0.2, 0) is 0 Å². The van der Waals surface area contributed by atoms with E-state index >= 15 is 0 Å². The second-order valence-corrected chi connectivity index (χ2v) is 5.61. The largest absolute Gasteiger partial charge is 0.507 e. The van der Waals surface area contributed by atoms with Crippen molar-refractivity contribution in [3.8, 4) is 17.2 Å². The van der Waals surface area contributed by atoms with Gasteiger partial charge in [0.2, 0.25) is 0 Å². The molecule has 1 N–H and O–H groups in total. The van der Waals surface area contributed by atoms with E-state index in [1.807, 2.05) is 12.1 Å². The number of rotatable bonds is 2. The molecule has 3 rings (SSSR count). The van der Waals surface area contributed by atoms with Crippen LogP contribution in [0.4, 0.5) is 0 Å². The fourth-order valence-corrected chi connectivity index (χ4v) is 2.17. The first-order chi connectivity index (χ1) is 8.15. The number of hydrogen-bond acceptors (Lipinski definition) is 4. The standard InChI is InChI=1S/C12H11IN2O2/c1-6-4-8(6)11-14-12(17-15-11)7-2-3-9(13)10(16)5-7/h2-3,5-6,8,16H,4H2,1H3. The normalized spacial score (nSPS) is 22.7. The summed E-state index contributed by atoms with van der Waals surface area (Å²) in [5.74, 6) is 2.61. The van der Waals surface area contributed by atoms with Crippen LogP contribution in [0.25, 0.3) is 11.5 Å². The zero-order chi connectivity index (χ0) is 12.0. The van der Waals surface area contributed by atoms with E-state index in [1.54, 1.807) is 6.07 Å². The number of aromatic hydroxyl groups is 1. The Kier molecular flexibility index (Phi) is 2.57. The van der Waals surface area contributed by atoms with Gasteiger partial charge in [0.1, 0.15) is 5.75 Å². The summed E-state index contributed by atoms with van der Waals surface area (Å²) in [6, 6.07) is 5.35. The number of hydrogen-bond donors (Lipinski definition) is 1. The minimum absolute atomic E-state index is 0.239. The van der Waals surface area contributed by atoms with Gasteiger partial charge < -0.3 is 9.63 Å². The van der Waals surface area contributed by atoms with Crippen molar-refractivity contribution < 1.29 is 9.63 Å². The Labute approximate surface area is 112 Å². The van der Waals surface area contributed by atoms with Crippen LogP contribution in [0.5, 0.6) is 5.75 Å². The molecule has 17 heavy (non-hydrogen) atoms. The van der Waals surface area contributed by atoms with E-state index in [-0.39, 0.29) is 5.75 Å². The molecule has 88 valence electrons. The summed E-state index contributed by atoms with van der Waals surface area (Å²) in [5, 5.41) is 13.6. The number of nitrogens with zero attached hydrogens (tertiary/aromatic N) is 2. The Bertz CT molecular complexity index is 567. The fourth-order valence-electron chi connectivity index (χ4n) is 1.83. The van der Waals surface area contributed by atoms with Crippen LogP contribution in [0.3, 0.4) is 0 Å². The zero-order valence-electron chi connectivity index (χ0n) is 9.22. The van der Waals surface area contributed by atoms with E-state index in [0.29, 0.717) is 17.7 Å². The molecule has 1 saturated carbocycles. The smallest absolute Gasteiger partial charge is 0.258 e. The first-order valence-electron chi connectivity index (χ1n) is 5.47. The van der Waals surface area contributed by atoms with Crippen LogP contribution in [0.15, 0.2) is 22.7 Å². The summed E-state index contributed by atoms with van der Waals surface area (Å²) in [5.41, 5.74) is 0.759. The molecule has 0 amide bonds. The molecule has 1 aromatic heterocycles. The highest BCUT2D eigenvalue weighted by atomic mass is 127. The lowest BCUT2D eigenvalue weighted by Gasteiger charge is -1.98. The average molecular weight is 342 g/mol. The summed E-state index contributed by atoms with van der Waals surface area (Å²) < 4.78 is 6.03. The number of halogens is 1. The first kappa shape index (κ1) is 11.0. The van der Waals surface area contributed by atoms with Crippen molar-refractivity contribution in [1.82, 2.24) is 10.1 Å². The van der Waals surface area contributed by atoms with E-state index in [9.17, 15) is 5.11 Å². The minimum Gasteiger partial charge on any atom is -0.507 e. The Morgan fingerprint density at radius 2 is 2.24 bits per heavy atom. The van der Waals surface area contributed by atoms with Crippen molar-refractivity contribution >= 4 is 22.6 Å². The molecular formula is C12H11IN2O2. The van der Waals surface area contributed by atoms with E-state index in [0.717, 1.165) is 21.4 Å². The van der Waals surface area contributed by atoms with Crippen LogP contribution in [0.2, 0.25) is 0 Å². The lowest BCUT2D eigenvalue weighted by Crippen LogP contribution is -1.84. The van der Waals surface area contributed by atoms with Gasteiger partial charge in [0.05, 0.1) is 3.57 Å². The highest BCUT2D eigenvalue weighted by molar-refractivity contribution is 14.1. The first-order valence-corrected chi connectivity index (χ1v) is 6.55. The van der Waals surface area contributed by atoms with Crippen molar-refractivity contribution in [2.75, 3.05) is 0 Å². The minimum atomic E-state index is 0.239.